The van der Waals surface area contributed by atoms with E-state index >= 15 is 0 Å². The van der Waals surface area contributed by atoms with Gasteiger partial charge in [0.1, 0.15) is 12.1 Å². The lowest BCUT2D eigenvalue weighted by Gasteiger charge is -2.34. The van der Waals surface area contributed by atoms with E-state index in [1.54, 1.807) is 0 Å². The molecule has 0 aromatic heterocycles. The largest absolute Gasteiger partial charge is 0.338 e. The van der Waals surface area contributed by atoms with Crippen LogP contribution in [0.2, 0.25) is 0 Å². The van der Waals surface area contributed by atoms with E-state index in [1.807, 2.05) is 36.1 Å². The Labute approximate surface area is 159 Å². The number of imide groups is 1. The number of piperidine rings is 1. The molecule has 3 aliphatic rings. The van der Waals surface area contributed by atoms with Gasteiger partial charge >= 0.3 is 6.03 Å². The number of nitrogens with one attached hydrogen (secondary N) is 1. The summed E-state index contributed by atoms with van der Waals surface area (Å²) in [7, 11) is 0. The van der Waals surface area contributed by atoms with Crippen molar-refractivity contribution in [1.82, 2.24) is 15.1 Å². The fourth-order valence-corrected chi connectivity index (χ4v) is 4.81. The minimum absolute atomic E-state index is 0.135. The number of aryl methyl sites for hydroxylation is 1. The van der Waals surface area contributed by atoms with E-state index in [4.69, 9.17) is 0 Å². The average molecular weight is 369 g/mol. The van der Waals surface area contributed by atoms with E-state index in [2.05, 4.69) is 5.32 Å². The number of nitrogens with zero attached hydrogens (tertiary/aromatic N) is 2. The van der Waals surface area contributed by atoms with Gasteiger partial charge in [0.05, 0.1) is 0 Å². The molecule has 6 nitrogen and oxygen atoms in total. The molecule has 2 fully saturated rings. The molecular weight excluding hydrogens is 342 g/mol. The third kappa shape index (κ3) is 3.01. The predicted octanol–water partition coefficient (Wildman–Crippen LogP) is 2.56. The second-order valence-corrected chi connectivity index (χ2v) is 8.02. The number of hydrogen-bond donors (Lipinski definition) is 1. The van der Waals surface area contributed by atoms with Gasteiger partial charge in [-0.1, -0.05) is 24.3 Å². The lowest BCUT2D eigenvalue weighted by molar-refractivity contribution is -0.141. The van der Waals surface area contributed by atoms with Crippen LogP contribution in [0.4, 0.5) is 4.79 Å². The molecule has 1 aromatic carbocycles. The number of fused-ring (bicyclic) bond motifs is 2. The smallest absolute Gasteiger partial charge is 0.325 e. The first-order chi connectivity index (χ1) is 13.0. The molecule has 2 saturated heterocycles. The second-order valence-electron chi connectivity index (χ2n) is 8.02. The molecule has 2 aliphatic heterocycles. The van der Waals surface area contributed by atoms with Gasteiger partial charge in [-0.25, -0.2) is 4.79 Å². The zero-order chi connectivity index (χ0) is 19.0. The summed E-state index contributed by atoms with van der Waals surface area (Å²) in [6.45, 7) is 2.57. The van der Waals surface area contributed by atoms with Gasteiger partial charge in [-0.2, -0.15) is 0 Å². The van der Waals surface area contributed by atoms with Crippen LogP contribution >= 0.6 is 0 Å². The average Bonchev–Trinajstić information content (AvgIpc) is 2.81. The Bertz CT molecular complexity index is 778. The molecule has 0 radical (unpaired) electrons. The highest BCUT2D eigenvalue weighted by Crippen LogP contribution is 2.39. The Morgan fingerprint density at radius 3 is 2.81 bits per heavy atom. The highest BCUT2D eigenvalue weighted by molar-refractivity contribution is 6.09. The summed E-state index contributed by atoms with van der Waals surface area (Å²) in [5.74, 6) is -0.412. The van der Waals surface area contributed by atoms with Crippen LogP contribution in [-0.4, -0.2) is 46.8 Å². The van der Waals surface area contributed by atoms with Crippen LogP contribution in [-0.2, 0) is 21.5 Å². The molecule has 144 valence electrons. The Kier molecular flexibility index (Phi) is 4.66. The van der Waals surface area contributed by atoms with Crippen molar-refractivity contribution < 1.29 is 14.4 Å². The van der Waals surface area contributed by atoms with E-state index in [0.717, 1.165) is 54.6 Å². The molecule has 1 aliphatic carbocycles. The third-order valence-corrected chi connectivity index (χ3v) is 6.32. The summed E-state index contributed by atoms with van der Waals surface area (Å²) < 4.78 is 0. The predicted molar refractivity (Wildman–Crippen MR) is 101 cm³/mol. The lowest BCUT2D eigenvalue weighted by Crippen LogP contribution is -2.49. The number of amides is 4. The lowest BCUT2D eigenvalue weighted by atomic mass is 9.84. The van der Waals surface area contributed by atoms with Crippen molar-refractivity contribution in [3.63, 3.8) is 0 Å². The van der Waals surface area contributed by atoms with Crippen molar-refractivity contribution in [3.8, 4) is 0 Å². The van der Waals surface area contributed by atoms with E-state index in [1.165, 1.54) is 0 Å². The van der Waals surface area contributed by atoms with E-state index in [-0.39, 0.29) is 24.4 Å². The van der Waals surface area contributed by atoms with Crippen LogP contribution in [0.1, 0.15) is 56.6 Å². The Balaban J connectivity index is 1.60. The van der Waals surface area contributed by atoms with E-state index < -0.39 is 11.6 Å². The van der Waals surface area contributed by atoms with Crippen LogP contribution in [0.25, 0.3) is 0 Å². The van der Waals surface area contributed by atoms with Crippen molar-refractivity contribution in [1.29, 1.82) is 0 Å². The summed E-state index contributed by atoms with van der Waals surface area (Å²) in [6, 6.07) is 7.57. The van der Waals surface area contributed by atoms with Crippen LogP contribution < -0.4 is 5.32 Å². The first-order valence-electron chi connectivity index (χ1n) is 10.0. The number of carbonyl (C=O) groups is 3. The summed E-state index contributed by atoms with van der Waals surface area (Å²) in [5, 5.41) is 2.95. The number of hydrogen-bond acceptors (Lipinski definition) is 3. The maximum atomic E-state index is 13.4. The van der Waals surface area contributed by atoms with Crippen molar-refractivity contribution in [2.75, 3.05) is 13.1 Å². The van der Waals surface area contributed by atoms with Crippen LogP contribution in [0.3, 0.4) is 0 Å². The zero-order valence-electron chi connectivity index (χ0n) is 15.9. The molecule has 2 heterocycles. The summed E-state index contributed by atoms with van der Waals surface area (Å²) >= 11 is 0. The number of likely N-dealkylation sites (tertiary alicyclic amines) is 1. The van der Waals surface area contributed by atoms with Gasteiger partial charge in [-0.3, -0.25) is 14.5 Å². The van der Waals surface area contributed by atoms with Crippen molar-refractivity contribution in [2.45, 2.75) is 63.5 Å². The van der Waals surface area contributed by atoms with Gasteiger partial charge in [0.15, 0.2) is 0 Å². The zero-order valence-corrected chi connectivity index (χ0v) is 15.9. The molecular formula is C21H27N3O3. The molecule has 1 spiro atoms. The Hall–Kier alpha value is -2.37. The topological polar surface area (TPSA) is 69.7 Å². The maximum absolute atomic E-state index is 13.4. The quantitative estimate of drug-likeness (QED) is 0.815. The SMILES string of the molecule is C[C@@H]1CCCCN1C(=O)CN1C(=O)N[C@]2(CCCCc3ccccc32)C1=O. The van der Waals surface area contributed by atoms with Crippen LogP contribution in [0.5, 0.6) is 0 Å². The fourth-order valence-electron chi connectivity index (χ4n) is 4.81. The highest BCUT2D eigenvalue weighted by Gasteiger charge is 2.53. The number of carbonyl (C=O) groups excluding carboxylic acids is 3. The molecule has 27 heavy (non-hydrogen) atoms. The van der Waals surface area contributed by atoms with Gasteiger partial charge in [0.2, 0.25) is 5.91 Å². The van der Waals surface area contributed by atoms with Gasteiger partial charge < -0.3 is 10.2 Å². The van der Waals surface area contributed by atoms with Crippen LogP contribution in [0, 0.1) is 0 Å². The van der Waals surface area contributed by atoms with Gasteiger partial charge in [0, 0.05) is 12.6 Å². The normalized spacial score (nSPS) is 28.1. The molecule has 0 unspecified atom stereocenters. The van der Waals surface area contributed by atoms with E-state index in [9.17, 15) is 14.4 Å². The van der Waals surface area contributed by atoms with Crippen molar-refractivity contribution >= 4 is 17.8 Å². The molecule has 1 aromatic rings. The molecule has 2 atom stereocenters. The number of urea groups is 1. The van der Waals surface area contributed by atoms with Gasteiger partial charge in [-0.05, 0) is 63.0 Å². The number of benzene rings is 1. The number of rotatable bonds is 2. The highest BCUT2D eigenvalue weighted by atomic mass is 16.2. The molecule has 4 rings (SSSR count). The first kappa shape index (κ1) is 18.0. The minimum Gasteiger partial charge on any atom is -0.338 e. The summed E-state index contributed by atoms with van der Waals surface area (Å²) in [6.07, 6.45) is 6.42. The first-order valence-corrected chi connectivity index (χ1v) is 10.0. The molecule has 0 saturated carbocycles. The Morgan fingerprint density at radius 2 is 2.00 bits per heavy atom. The van der Waals surface area contributed by atoms with Crippen molar-refractivity contribution in [2.24, 2.45) is 0 Å². The fraction of sp³-hybridized carbons (Fsp3) is 0.571. The van der Waals surface area contributed by atoms with Crippen molar-refractivity contribution in [3.05, 3.63) is 35.4 Å². The molecule has 1 N–H and O–H groups in total. The monoisotopic (exact) mass is 369 g/mol. The summed E-state index contributed by atoms with van der Waals surface area (Å²) in [5.41, 5.74) is 0.987. The van der Waals surface area contributed by atoms with Crippen LogP contribution in [0.15, 0.2) is 24.3 Å². The molecule has 6 heteroatoms. The van der Waals surface area contributed by atoms with Gasteiger partial charge in [-0.15, -0.1) is 0 Å². The standard InChI is InChI=1S/C21H27N3O3/c1-15-8-5-7-13-23(15)18(25)14-24-19(26)21(22-20(24)27)12-6-4-10-16-9-2-3-11-17(16)21/h2-3,9,11,15H,4-8,10,12-14H2,1H3,(H,22,27)/t15-,21+/m1/s1. The van der Waals surface area contributed by atoms with Gasteiger partial charge in [0.25, 0.3) is 5.91 Å². The molecule has 4 amide bonds. The summed E-state index contributed by atoms with van der Waals surface area (Å²) in [4.78, 5) is 41.8. The Morgan fingerprint density at radius 1 is 1.19 bits per heavy atom. The van der Waals surface area contributed by atoms with E-state index in [0.29, 0.717) is 13.0 Å². The minimum atomic E-state index is -1.02. The maximum Gasteiger partial charge on any atom is 0.325 e. The second kappa shape index (κ2) is 6.98. The molecule has 0 bridgehead atoms. The third-order valence-electron chi connectivity index (χ3n) is 6.32.